The Bertz CT molecular complexity index is 1380. The highest BCUT2D eigenvalue weighted by molar-refractivity contribution is 6.01. The van der Waals surface area contributed by atoms with Crippen LogP contribution in [0.25, 0.3) is 11.0 Å². The summed E-state index contributed by atoms with van der Waals surface area (Å²) in [6.07, 6.45) is 5.12. The van der Waals surface area contributed by atoms with Crippen LogP contribution in [0.4, 0.5) is 5.69 Å². The fraction of sp³-hybridized carbons (Fsp3) is 0.345. The van der Waals surface area contributed by atoms with Crippen LogP contribution in [-0.2, 0) is 20.9 Å². The number of ether oxygens (including phenoxy) is 1. The van der Waals surface area contributed by atoms with Crippen molar-refractivity contribution in [3.05, 3.63) is 84.2 Å². The molecule has 1 aliphatic heterocycles. The summed E-state index contributed by atoms with van der Waals surface area (Å²) in [5, 5.41) is 11.4. The first-order valence-corrected chi connectivity index (χ1v) is 13.0. The standard InChI is InChI=1S/C29H32N6O3/c1-20(2)21-9-11-23(12-10-21)35(27(36)19-34-26-8-4-3-7-25(26)32-33-34)28(22-13-15-30-16-14-22)29(37)31-18-24-6-5-17-38-24/h3-4,7-16,20,24,28H,5-6,17-19H2,1-2H3,(H,31,37). The average molecular weight is 513 g/mol. The number of nitrogens with one attached hydrogen (secondary N) is 1. The van der Waals surface area contributed by atoms with Gasteiger partial charge in [-0.25, -0.2) is 4.68 Å². The molecule has 196 valence electrons. The molecule has 1 fully saturated rings. The lowest BCUT2D eigenvalue weighted by molar-refractivity contribution is -0.127. The van der Waals surface area contributed by atoms with Crippen molar-refractivity contribution in [2.24, 2.45) is 0 Å². The lowest BCUT2D eigenvalue weighted by atomic mass is 10.0. The van der Waals surface area contributed by atoms with E-state index in [0.29, 0.717) is 35.8 Å². The van der Waals surface area contributed by atoms with E-state index in [1.54, 1.807) is 34.1 Å². The Hall–Kier alpha value is -4.11. The van der Waals surface area contributed by atoms with Crippen LogP contribution in [0.1, 0.15) is 49.8 Å². The van der Waals surface area contributed by atoms with Crippen LogP contribution in [0.3, 0.4) is 0 Å². The van der Waals surface area contributed by atoms with Crippen LogP contribution in [0.15, 0.2) is 73.1 Å². The molecule has 0 bridgehead atoms. The highest BCUT2D eigenvalue weighted by Crippen LogP contribution is 2.30. The van der Waals surface area contributed by atoms with Gasteiger partial charge in [-0.1, -0.05) is 43.3 Å². The van der Waals surface area contributed by atoms with E-state index < -0.39 is 6.04 Å². The van der Waals surface area contributed by atoms with Gasteiger partial charge >= 0.3 is 0 Å². The number of pyridine rings is 1. The van der Waals surface area contributed by atoms with Gasteiger partial charge in [-0.05, 0) is 66.3 Å². The number of para-hydroxylation sites is 1. The van der Waals surface area contributed by atoms with Crippen molar-refractivity contribution in [1.82, 2.24) is 25.3 Å². The summed E-state index contributed by atoms with van der Waals surface area (Å²) in [7, 11) is 0. The Morgan fingerprint density at radius 1 is 1.05 bits per heavy atom. The minimum Gasteiger partial charge on any atom is -0.376 e. The predicted octanol–water partition coefficient (Wildman–Crippen LogP) is 4.02. The quantitative estimate of drug-likeness (QED) is 0.363. The third-order valence-electron chi connectivity index (χ3n) is 6.87. The molecule has 38 heavy (non-hydrogen) atoms. The first-order chi connectivity index (χ1) is 18.5. The molecular formula is C29H32N6O3. The molecule has 2 unspecified atom stereocenters. The Morgan fingerprint density at radius 3 is 2.53 bits per heavy atom. The van der Waals surface area contributed by atoms with E-state index in [1.165, 1.54) is 0 Å². The number of benzene rings is 2. The molecule has 1 aliphatic rings. The summed E-state index contributed by atoms with van der Waals surface area (Å²) >= 11 is 0. The molecule has 3 heterocycles. The second-order valence-electron chi connectivity index (χ2n) is 9.81. The van der Waals surface area contributed by atoms with Crippen LogP contribution < -0.4 is 10.2 Å². The molecule has 5 rings (SSSR count). The fourth-order valence-electron chi connectivity index (χ4n) is 4.78. The van der Waals surface area contributed by atoms with E-state index in [0.717, 1.165) is 23.9 Å². The van der Waals surface area contributed by atoms with Gasteiger partial charge < -0.3 is 10.1 Å². The number of hydrogen-bond donors (Lipinski definition) is 1. The monoisotopic (exact) mass is 512 g/mol. The van der Waals surface area contributed by atoms with E-state index in [2.05, 4.69) is 34.5 Å². The fourth-order valence-corrected chi connectivity index (χ4v) is 4.78. The first kappa shape index (κ1) is 25.5. The minimum absolute atomic E-state index is 0.0203. The largest absolute Gasteiger partial charge is 0.376 e. The zero-order valence-corrected chi connectivity index (χ0v) is 21.7. The van der Waals surface area contributed by atoms with E-state index >= 15 is 0 Å². The van der Waals surface area contributed by atoms with Crippen LogP contribution in [0.2, 0.25) is 0 Å². The van der Waals surface area contributed by atoms with Crippen LogP contribution in [0.5, 0.6) is 0 Å². The number of rotatable bonds is 9. The molecular weight excluding hydrogens is 480 g/mol. The van der Waals surface area contributed by atoms with Gasteiger partial charge in [0.15, 0.2) is 0 Å². The molecule has 0 aliphatic carbocycles. The molecule has 2 atom stereocenters. The summed E-state index contributed by atoms with van der Waals surface area (Å²) in [6.45, 7) is 5.25. The van der Waals surface area contributed by atoms with Crippen LogP contribution in [-0.4, -0.2) is 51.0 Å². The molecule has 1 N–H and O–H groups in total. The van der Waals surface area contributed by atoms with Gasteiger partial charge in [-0.15, -0.1) is 5.10 Å². The smallest absolute Gasteiger partial charge is 0.249 e. The van der Waals surface area contributed by atoms with Gasteiger partial charge in [0.05, 0.1) is 11.6 Å². The number of carbonyl (C=O) groups is 2. The summed E-state index contributed by atoms with van der Waals surface area (Å²) in [5.41, 5.74) is 3.88. The van der Waals surface area contributed by atoms with Crippen molar-refractivity contribution >= 4 is 28.5 Å². The number of carbonyl (C=O) groups excluding carboxylic acids is 2. The number of aromatic nitrogens is 4. The molecule has 2 aromatic heterocycles. The summed E-state index contributed by atoms with van der Waals surface area (Å²) in [6, 6.07) is 17.9. The first-order valence-electron chi connectivity index (χ1n) is 13.0. The predicted molar refractivity (Wildman–Crippen MR) is 145 cm³/mol. The van der Waals surface area contributed by atoms with E-state index in [9.17, 15) is 9.59 Å². The number of hydrogen-bond acceptors (Lipinski definition) is 6. The topological polar surface area (TPSA) is 102 Å². The van der Waals surface area contributed by atoms with E-state index in [4.69, 9.17) is 4.74 Å². The maximum absolute atomic E-state index is 14.1. The molecule has 0 spiro atoms. The zero-order chi connectivity index (χ0) is 26.5. The van der Waals surface area contributed by atoms with Gasteiger partial charge in [0.1, 0.15) is 18.1 Å². The second-order valence-corrected chi connectivity index (χ2v) is 9.81. The molecule has 1 saturated heterocycles. The molecule has 0 saturated carbocycles. The highest BCUT2D eigenvalue weighted by atomic mass is 16.5. The number of amides is 2. The Balaban J connectivity index is 1.52. The maximum atomic E-state index is 14.1. The van der Waals surface area contributed by atoms with Crippen molar-refractivity contribution in [2.75, 3.05) is 18.1 Å². The zero-order valence-electron chi connectivity index (χ0n) is 21.7. The van der Waals surface area contributed by atoms with Crippen molar-refractivity contribution < 1.29 is 14.3 Å². The molecule has 9 heteroatoms. The highest BCUT2D eigenvalue weighted by Gasteiger charge is 2.34. The molecule has 4 aromatic rings. The SMILES string of the molecule is CC(C)c1ccc(N(C(=O)Cn2nnc3ccccc32)C(C(=O)NCC2CCCO2)c2ccncc2)cc1. The molecule has 2 aromatic carbocycles. The molecule has 2 amide bonds. The van der Waals surface area contributed by atoms with Crippen LogP contribution in [0, 0.1) is 0 Å². The van der Waals surface area contributed by atoms with Crippen LogP contribution >= 0.6 is 0 Å². The van der Waals surface area contributed by atoms with E-state index in [1.807, 2.05) is 48.5 Å². The normalized spacial score (nSPS) is 16.0. The van der Waals surface area contributed by atoms with Crippen molar-refractivity contribution in [3.8, 4) is 0 Å². The number of fused-ring (bicyclic) bond motifs is 1. The number of anilines is 1. The summed E-state index contributed by atoms with van der Waals surface area (Å²) < 4.78 is 7.27. The Kier molecular flexibility index (Phi) is 7.74. The second kappa shape index (κ2) is 11.5. The number of nitrogens with zero attached hydrogens (tertiary/aromatic N) is 5. The lowest BCUT2D eigenvalue weighted by Gasteiger charge is -2.32. The van der Waals surface area contributed by atoms with Gasteiger partial charge in [0.25, 0.3) is 0 Å². The summed E-state index contributed by atoms with van der Waals surface area (Å²) in [4.78, 5) is 33.5. The minimum atomic E-state index is -0.911. The van der Waals surface area contributed by atoms with Gasteiger partial charge in [-0.2, -0.15) is 0 Å². The Morgan fingerprint density at radius 2 is 1.82 bits per heavy atom. The summed E-state index contributed by atoms with van der Waals surface area (Å²) in [5.74, 6) is -0.233. The van der Waals surface area contributed by atoms with Gasteiger partial charge in [0, 0.05) is 31.2 Å². The van der Waals surface area contributed by atoms with Gasteiger partial charge in [-0.3, -0.25) is 19.5 Å². The third kappa shape index (κ3) is 5.57. The van der Waals surface area contributed by atoms with Gasteiger partial charge in [0.2, 0.25) is 11.8 Å². The third-order valence-corrected chi connectivity index (χ3v) is 6.87. The lowest BCUT2D eigenvalue weighted by Crippen LogP contribution is -2.46. The maximum Gasteiger partial charge on any atom is 0.249 e. The molecule has 9 nitrogen and oxygen atoms in total. The van der Waals surface area contributed by atoms with Crippen molar-refractivity contribution in [2.45, 2.75) is 51.3 Å². The Labute approximate surface area is 221 Å². The van der Waals surface area contributed by atoms with Crippen molar-refractivity contribution in [1.29, 1.82) is 0 Å². The van der Waals surface area contributed by atoms with E-state index in [-0.39, 0.29) is 24.5 Å². The molecule has 0 radical (unpaired) electrons. The van der Waals surface area contributed by atoms with Crippen molar-refractivity contribution in [3.63, 3.8) is 0 Å². The average Bonchev–Trinajstić information content (AvgIpc) is 3.61.